The summed E-state index contributed by atoms with van der Waals surface area (Å²) in [7, 11) is 0. The van der Waals surface area contributed by atoms with Crippen LogP contribution in [0.1, 0.15) is 41.4 Å². The molecule has 0 amide bonds. The van der Waals surface area contributed by atoms with E-state index >= 15 is 0 Å². The summed E-state index contributed by atoms with van der Waals surface area (Å²) in [6.45, 7) is 4.51. The van der Waals surface area contributed by atoms with E-state index < -0.39 is 0 Å². The average molecular weight is 347 g/mol. The van der Waals surface area contributed by atoms with Crippen LogP contribution in [0.4, 0.5) is 0 Å². The summed E-state index contributed by atoms with van der Waals surface area (Å²) in [5, 5.41) is 3.71. The Bertz CT molecular complexity index is 857. The van der Waals surface area contributed by atoms with Gasteiger partial charge in [0.1, 0.15) is 11.6 Å². The van der Waals surface area contributed by atoms with Crippen molar-refractivity contribution in [3.05, 3.63) is 83.4 Å². The van der Waals surface area contributed by atoms with Gasteiger partial charge in [-0.05, 0) is 30.9 Å². The summed E-state index contributed by atoms with van der Waals surface area (Å²) in [5.41, 5.74) is 3.76. The lowest BCUT2D eigenvalue weighted by molar-refractivity contribution is 0.313. The first kappa shape index (κ1) is 16.9. The second kappa shape index (κ2) is 7.75. The van der Waals surface area contributed by atoms with Crippen molar-refractivity contribution >= 4 is 0 Å². The molecule has 1 aliphatic heterocycles. The van der Waals surface area contributed by atoms with Crippen LogP contribution in [0.3, 0.4) is 0 Å². The Hall–Kier alpha value is -2.59. The van der Waals surface area contributed by atoms with E-state index in [1.165, 1.54) is 16.7 Å². The van der Waals surface area contributed by atoms with Crippen LogP contribution in [0.2, 0.25) is 0 Å². The van der Waals surface area contributed by atoms with E-state index in [0.717, 1.165) is 44.1 Å². The van der Waals surface area contributed by atoms with Gasteiger partial charge in [0.25, 0.3) is 0 Å². The fourth-order valence-corrected chi connectivity index (χ4v) is 3.62. The van der Waals surface area contributed by atoms with Gasteiger partial charge >= 0.3 is 0 Å². The summed E-state index contributed by atoms with van der Waals surface area (Å²) in [5.74, 6) is 2.11. The largest absolute Gasteiger partial charge is 0.493 e. The molecular formula is C22H25N3O. The maximum absolute atomic E-state index is 5.99. The molecule has 2 heterocycles. The molecule has 2 aromatic carbocycles. The van der Waals surface area contributed by atoms with E-state index in [-0.39, 0.29) is 0 Å². The highest BCUT2D eigenvalue weighted by molar-refractivity contribution is 5.43. The standard InChI is InChI=1S/C22H25N3O/c1-17-7-5-10-19-20(11-6-14-26-22(17)19)24-15-21-23-12-13-25(21)16-18-8-3-2-4-9-18/h2-5,7-10,12-13,20,24H,6,11,14-16H2,1H3/t20-/m0/s1. The van der Waals surface area contributed by atoms with Gasteiger partial charge in [0.15, 0.2) is 0 Å². The number of fused-ring (bicyclic) bond motifs is 1. The number of para-hydroxylation sites is 1. The lowest BCUT2D eigenvalue weighted by atomic mass is 10.00. The second-order valence-corrected chi connectivity index (χ2v) is 6.87. The van der Waals surface area contributed by atoms with Crippen molar-refractivity contribution in [1.29, 1.82) is 0 Å². The van der Waals surface area contributed by atoms with Crippen molar-refractivity contribution in [2.75, 3.05) is 6.61 Å². The van der Waals surface area contributed by atoms with Gasteiger partial charge in [0, 0.05) is 30.5 Å². The van der Waals surface area contributed by atoms with Crippen LogP contribution in [0.25, 0.3) is 0 Å². The SMILES string of the molecule is Cc1cccc2c1OCCC[C@@H]2NCc1nccn1Cc1ccccc1. The van der Waals surface area contributed by atoms with Crippen LogP contribution in [0, 0.1) is 6.92 Å². The second-order valence-electron chi connectivity index (χ2n) is 6.87. The predicted octanol–water partition coefficient (Wildman–Crippen LogP) is 4.24. The molecule has 0 fully saturated rings. The van der Waals surface area contributed by atoms with Gasteiger partial charge in [-0.1, -0.05) is 48.5 Å². The first-order valence-corrected chi connectivity index (χ1v) is 9.31. The van der Waals surface area contributed by atoms with Gasteiger partial charge in [-0.25, -0.2) is 4.98 Å². The Labute approximate surface area is 154 Å². The molecule has 4 nitrogen and oxygen atoms in total. The summed E-state index contributed by atoms with van der Waals surface area (Å²) >= 11 is 0. The molecule has 1 aromatic heterocycles. The molecule has 4 rings (SSSR count). The molecule has 3 aromatic rings. The maximum atomic E-state index is 5.99. The molecule has 26 heavy (non-hydrogen) atoms. The average Bonchev–Trinajstić information content (AvgIpc) is 2.99. The molecule has 4 heteroatoms. The van der Waals surface area contributed by atoms with Gasteiger partial charge in [-0.3, -0.25) is 0 Å². The van der Waals surface area contributed by atoms with Crippen LogP contribution >= 0.6 is 0 Å². The smallest absolute Gasteiger partial charge is 0.126 e. The van der Waals surface area contributed by atoms with Crippen molar-refractivity contribution in [3.8, 4) is 5.75 Å². The van der Waals surface area contributed by atoms with Crippen molar-refractivity contribution in [2.45, 2.75) is 38.9 Å². The molecule has 1 N–H and O–H groups in total. The number of benzene rings is 2. The highest BCUT2D eigenvalue weighted by Crippen LogP contribution is 2.34. The minimum atomic E-state index is 0.300. The third kappa shape index (κ3) is 3.65. The normalized spacial score (nSPS) is 16.6. The number of hydrogen-bond acceptors (Lipinski definition) is 3. The maximum Gasteiger partial charge on any atom is 0.126 e. The third-order valence-electron chi connectivity index (χ3n) is 5.01. The van der Waals surface area contributed by atoms with Gasteiger partial charge < -0.3 is 14.6 Å². The molecule has 0 spiro atoms. The Morgan fingerprint density at radius 2 is 2.04 bits per heavy atom. The molecular weight excluding hydrogens is 322 g/mol. The van der Waals surface area contributed by atoms with Crippen molar-refractivity contribution in [1.82, 2.24) is 14.9 Å². The summed E-state index contributed by atoms with van der Waals surface area (Å²) in [6.07, 6.45) is 6.08. The minimum absolute atomic E-state index is 0.300. The van der Waals surface area contributed by atoms with Crippen LogP contribution in [-0.2, 0) is 13.1 Å². The Balaban J connectivity index is 1.49. The Kier molecular flexibility index (Phi) is 5.02. The highest BCUT2D eigenvalue weighted by Gasteiger charge is 2.21. The van der Waals surface area contributed by atoms with Crippen LogP contribution in [0.5, 0.6) is 5.75 Å². The number of aryl methyl sites for hydroxylation is 1. The van der Waals surface area contributed by atoms with Crippen molar-refractivity contribution < 1.29 is 4.74 Å². The highest BCUT2D eigenvalue weighted by atomic mass is 16.5. The topological polar surface area (TPSA) is 39.1 Å². The fourth-order valence-electron chi connectivity index (χ4n) is 3.62. The van der Waals surface area contributed by atoms with E-state index in [1.54, 1.807) is 0 Å². The third-order valence-corrected chi connectivity index (χ3v) is 5.01. The van der Waals surface area contributed by atoms with Crippen molar-refractivity contribution in [2.24, 2.45) is 0 Å². The molecule has 0 bridgehead atoms. The first-order valence-electron chi connectivity index (χ1n) is 9.31. The summed E-state index contributed by atoms with van der Waals surface area (Å²) in [4.78, 5) is 4.56. The van der Waals surface area contributed by atoms with E-state index in [1.807, 2.05) is 12.3 Å². The summed E-state index contributed by atoms with van der Waals surface area (Å²) < 4.78 is 8.20. The number of imidazole rings is 1. The predicted molar refractivity (Wildman–Crippen MR) is 103 cm³/mol. The molecule has 0 aliphatic carbocycles. The summed E-state index contributed by atoms with van der Waals surface area (Å²) in [6, 6.07) is 17.2. The molecule has 1 atom stereocenters. The molecule has 0 radical (unpaired) electrons. The molecule has 0 saturated heterocycles. The number of rotatable bonds is 5. The number of hydrogen-bond donors (Lipinski definition) is 1. The van der Waals surface area contributed by atoms with Gasteiger partial charge in [-0.2, -0.15) is 0 Å². The molecule has 134 valence electrons. The zero-order valence-electron chi connectivity index (χ0n) is 15.2. The van der Waals surface area contributed by atoms with E-state index in [9.17, 15) is 0 Å². The zero-order valence-corrected chi connectivity index (χ0v) is 15.2. The number of aromatic nitrogens is 2. The Morgan fingerprint density at radius 1 is 1.15 bits per heavy atom. The van der Waals surface area contributed by atoms with E-state index in [2.05, 4.69) is 70.5 Å². The lowest BCUT2D eigenvalue weighted by Gasteiger charge is -2.19. The van der Waals surface area contributed by atoms with E-state index in [4.69, 9.17) is 4.74 Å². The van der Waals surface area contributed by atoms with Crippen LogP contribution in [0.15, 0.2) is 60.9 Å². The monoisotopic (exact) mass is 347 g/mol. The molecule has 1 aliphatic rings. The van der Waals surface area contributed by atoms with Crippen LogP contribution in [-0.4, -0.2) is 16.2 Å². The molecule has 0 unspecified atom stereocenters. The Morgan fingerprint density at radius 3 is 2.92 bits per heavy atom. The quantitative estimate of drug-likeness (QED) is 0.750. The fraction of sp³-hybridized carbons (Fsp3) is 0.318. The lowest BCUT2D eigenvalue weighted by Crippen LogP contribution is -2.23. The van der Waals surface area contributed by atoms with Gasteiger partial charge in [-0.15, -0.1) is 0 Å². The number of nitrogens with zero attached hydrogens (tertiary/aromatic N) is 2. The number of nitrogens with one attached hydrogen (secondary N) is 1. The number of ether oxygens (including phenoxy) is 1. The van der Waals surface area contributed by atoms with Crippen molar-refractivity contribution in [3.63, 3.8) is 0 Å². The van der Waals surface area contributed by atoms with Crippen LogP contribution < -0.4 is 10.1 Å². The minimum Gasteiger partial charge on any atom is -0.493 e. The van der Waals surface area contributed by atoms with Gasteiger partial charge in [0.05, 0.1) is 13.2 Å². The van der Waals surface area contributed by atoms with Gasteiger partial charge in [0.2, 0.25) is 0 Å². The molecule has 0 saturated carbocycles. The van der Waals surface area contributed by atoms with E-state index in [0.29, 0.717) is 6.04 Å². The zero-order chi connectivity index (χ0) is 17.8. The first-order chi connectivity index (χ1) is 12.8.